The maximum absolute atomic E-state index is 13.6. The van der Waals surface area contributed by atoms with Crippen LogP contribution in [-0.2, 0) is 4.79 Å². The summed E-state index contributed by atoms with van der Waals surface area (Å²) in [6, 6.07) is 8.09. The van der Waals surface area contributed by atoms with Crippen LogP contribution in [0.3, 0.4) is 0 Å². The molecule has 1 amide bonds. The minimum Gasteiger partial charge on any atom is -0.391 e. The zero-order valence-corrected chi connectivity index (χ0v) is 22.4. The molecule has 0 saturated carbocycles. The van der Waals surface area contributed by atoms with Gasteiger partial charge in [0.2, 0.25) is 5.91 Å². The van der Waals surface area contributed by atoms with Crippen molar-refractivity contribution in [2.45, 2.75) is 85.2 Å². The normalized spacial score (nSPS) is 20.4. The molecule has 0 spiro atoms. The average Bonchev–Trinajstić information content (AvgIpc) is 3.36. The van der Waals surface area contributed by atoms with Crippen LogP contribution in [0, 0.1) is 12.3 Å². The predicted molar refractivity (Wildman–Crippen MR) is 143 cm³/mol. The molecule has 2 heterocycles. The highest BCUT2D eigenvalue weighted by Crippen LogP contribution is 2.31. The molecule has 1 fully saturated rings. The van der Waals surface area contributed by atoms with Gasteiger partial charge in [-0.15, -0.1) is 11.3 Å². The molecule has 3 N–H and O–H groups in total. The first-order valence-corrected chi connectivity index (χ1v) is 13.0. The Bertz CT molecular complexity index is 999. The fraction of sp³-hybridized carbons (Fsp3) is 0.556. The third kappa shape index (κ3) is 6.06. The van der Waals surface area contributed by atoms with Crippen LogP contribution in [-0.4, -0.2) is 51.7 Å². The Morgan fingerprint density at radius 1 is 1.26 bits per heavy atom. The molecular weight excluding hydrogens is 444 g/mol. The molecule has 0 bridgehead atoms. The van der Waals surface area contributed by atoms with Crippen LogP contribution in [0.1, 0.15) is 66.7 Å². The highest BCUT2D eigenvalue weighted by atomic mass is 32.1. The number of aryl methyl sites for hydroxylation is 1. The molecule has 4 atom stereocenters. The number of amides is 1. The van der Waals surface area contributed by atoms with Gasteiger partial charge in [-0.2, -0.15) is 0 Å². The number of hydrogen-bond donors (Lipinski definition) is 3. The van der Waals surface area contributed by atoms with Gasteiger partial charge in [-0.1, -0.05) is 65.5 Å². The molecule has 6 nitrogen and oxygen atoms in total. The third-order valence-corrected chi connectivity index (χ3v) is 7.38. The van der Waals surface area contributed by atoms with Gasteiger partial charge in [0.15, 0.2) is 0 Å². The first-order chi connectivity index (χ1) is 15.9. The highest BCUT2D eigenvalue weighted by molar-refractivity contribution is 7.13. The van der Waals surface area contributed by atoms with Crippen LogP contribution in [0.25, 0.3) is 10.4 Å². The molecule has 2 aromatic rings. The van der Waals surface area contributed by atoms with E-state index < -0.39 is 6.10 Å². The number of aromatic nitrogens is 1. The van der Waals surface area contributed by atoms with Crippen molar-refractivity contribution in [2.75, 3.05) is 6.54 Å². The predicted octanol–water partition coefficient (Wildman–Crippen LogP) is 4.90. The van der Waals surface area contributed by atoms with Gasteiger partial charge in [0, 0.05) is 32.2 Å². The molecule has 0 aliphatic carbocycles. The average molecular weight is 487 g/mol. The van der Waals surface area contributed by atoms with Crippen molar-refractivity contribution < 1.29 is 11.3 Å². The molecule has 34 heavy (non-hydrogen) atoms. The number of carbonyl (C=O) groups excluding carboxylic acids is 1. The SMILES string of the molecule is C=C(N[C@@H](C)c1ccc(-c2scnc2C)cc1)[C@@H]1C[C@@H](O)CN1C(=O)[C@@H](NC(C)C)C(C)(C)C.[HH]. The summed E-state index contributed by atoms with van der Waals surface area (Å²) in [5.41, 5.74) is 5.73. The molecule has 7 heteroatoms. The summed E-state index contributed by atoms with van der Waals surface area (Å²) < 4.78 is 0. The maximum Gasteiger partial charge on any atom is 0.240 e. The number of thiazole rings is 1. The van der Waals surface area contributed by atoms with Crippen LogP contribution in [0.4, 0.5) is 0 Å². The number of benzene rings is 1. The topological polar surface area (TPSA) is 77.5 Å². The molecule has 3 rings (SSSR count). The Labute approximate surface area is 210 Å². The second-order valence-corrected chi connectivity index (χ2v) is 11.7. The minimum absolute atomic E-state index is 0. The molecule has 0 radical (unpaired) electrons. The summed E-state index contributed by atoms with van der Waals surface area (Å²) in [7, 11) is 0. The Hall–Kier alpha value is -2.22. The van der Waals surface area contributed by atoms with E-state index in [4.69, 9.17) is 0 Å². The summed E-state index contributed by atoms with van der Waals surface area (Å²) in [5, 5.41) is 17.4. The van der Waals surface area contributed by atoms with Crippen molar-refractivity contribution in [1.82, 2.24) is 20.5 Å². The lowest BCUT2D eigenvalue weighted by Gasteiger charge is -2.37. The number of nitrogens with one attached hydrogen (secondary N) is 2. The lowest BCUT2D eigenvalue weighted by atomic mass is 9.85. The third-order valence-electron chi connectivity index (χ3n) is 6.40. The smallest absolute Gasteiger partial charge is 0.240 e. The van der Waals surface area contributed by atoms with Gasteiger partial charge in [0.25, 0.3) is 0 Å². The van der Waals surface area contributed by atoms with Gasteiger partial charge in [0.05, 0.1) is 34.3 Å². The molecule has 1 aromatic heterocycles. The van der Waals surface area contributed by atoms with Crippen molar-refractivity contribution >= 4 is 17.2 Å². The van der Waals surface area contributed by atoms with E-state index in [-0.39, 0.29) is 36.9 Å². The van der Waals surface area contributed by atoms with E-state index in [1.807, 2.05) is 26.3 Å². The fourth-order valence-electron chi connectivity index (χ4n) is 4.54. The molecule has 1 aromatic carbocycles. The molecule has 188 valence electrons. The lowest BCUT2D eigenvalue weighted by Crippen LogP contribution is -2.56. The Balaban J connectivity index is 0.00000432. The molecule has 1 aliphatic heterocycles. The van der Waals surface area contributed by atoms with Gasteiger partial charge in [0.1, 0.15) is 0 Å². The second-order valence-electron chi connectivity index (χ2n) is 10.8. The van der Waals surface area contributed by atoms with Crippen LogP contribution in [0.15, 0.2) is 42.1 Å². The van der Waals surface area contributed by atoms with Crippen LogP contribution >= 0.6 is 11.3 Å². The zero-order chi connectivity index (χ0) is 25.2. The van der Waals surface area contributed by atoms with E-state index in [9.17, 15) is 9.90 Å². The van der Waals surface area contributed by atoms with Crippen molar-refractivity contribution in [1.29, 1.82) is 0 Å². The standard InChI is InChI=1S/C27H40N4O2S.H2/c1-16(2)29-25(27(6,7)8)26(33)31-14-22(32)13-23(31)18(4)30-17(3)20-9-11-21(12-10-20)24-19(5)28-15-34-24;/h9-12,15-17,22-23,25,29-30,32H,4,13-14H2,1-3,5-8H3;1H/t17-,22+,23-,25+;/m0./s1. The molecule has 0 unspecified atom stereocenters. The maximum atomic E-state index is 13.6. The Kier molecular flexibility index (Phi) is 8.22. The van der Waals surface area contributed by atoms with Gasteiger partial charge in [-0.25, -0.2) is 4.98 Å². The quantitative estimate of drug-likeness (QED) is 0.495. The Morgan fingerprint density at radius 2 is 1.91 bits per heavy atom. The van der Waals surface area contributed by atoms with E-state index in [1.165, 1.54) is 4.88 Å². The summed E-state index contributed by atoms with van der Waals surface area (Å²) in [4.78, 5) is 20.9. The van der Waals surface area contributed by atoms with Gasteiger partial charge >= 0.3 is 0 Å². The monoisotopic (exact) mass is 486 g/mol. The summed E-state index contributed by atoms with van der Waals surface area (Å²) in [5.74, 6) is 0.0163. The number of aliphatic hydroxyl groups excluding tert-OH is 1. The van der Waals surface area contributed by atoms with E-state index in [2.05, 4.69) is 74.2 Å². The molecular formula is C27H42N4O2S. The van der Waals surface area contributed by atoms with Crippen molar-refractivity contribution in [3.8, 4) is 10.4 Å². The van der Waals surface area contributed by atoms with Crippen molar-refractivity contribution in [3.63, 3.8) is 0 Å². The van der Waals surface area contributed by atoms with Crippen LogP contribution < -0.4 is 10.6 Å². The first-order valence-electron chi connectivity index (χ1n) is 12.1. The zero-order valence-electron chi connectivity index (χ0n) is 21.6. The van der Waals surface area contributed by atoms with Gasteiger partial charge < -0.3 is 20.6 Å². The Morgan fingerprint density at radius 3 is 2.44 bits per heavy atom. The number of aliphatic hydroxyl groups is 1. The summed E-state index contributed by atoms with van der Waals surface area (Å²) in [6.07, 6.45) is -0.0590. The van der Waals surface area contributed by atoms with Crippen molar-refractivity contribution in [3.05, 3.63) is 53.3 Å². The molecule has 1 aliphatic rings. The second kappa shape index (κ2) is 10.6. The fourth-order valence-corrected chi connectivity index (χ4v) is 5.35. The van der Waals surface area contributed by atoms with Crippen molar-refractivity contribution in [2.24, 2.45) is 5.41 Å². The van der Waals surface area contributed by atoms with Gasteiger partial charge in [-0.05, 0) is 30.4 Å². The van der Waals surface area contributed by atoms with E-state index in [1.54, 1.807) is 16.2 Å². The molecule has 1 saturated heterocycles. The number of nitrogens with zero attached hydrogens (tertiary/aromatic N) is 2. The van der Waals surface area contributed by atoms with Crippen LogP contribution in [0.2, 0.25) is 0 Å². The highest BCUT2D eigenvalue weighted by Gasteiger charge is 2.42. The van der Waals surface area contributed by atoms with Gasteiger partial charge in [-0.3, -0.25) is 4.79 Å². The number of β-amino-alcohol motifs (C(OH)–C–C–N with tert-alkyl or cyclic N) is 1. The summed E-state index contributed by atoms with van der Waals surface area (Å²) in [6.45, 7) is 19.0. The van der Waals surface area contributed by atoms with Crippen LogP contribution in [0.5, 0.6) is 0 Å². The minimum atomic E-state index is -0.551. The largest absolute Gasteiger partial charge is 0.391 e. The van der Waals surface area contributed by atoms with E-state index >= 15 is 0 Å². The van der Waals surface area contributed by atoms with E-state index in [0.717, 1.165) is 22.5 Å². The summed E-state index contributed by atoms with van der Waals surface area (Å²) >= 11 is 1.65. The number of likely N-dealkylation sites (tertiary alicyclic amines) is 1. The lowest BCUT2D eigenvalue weighted by molar-refractivity contribution is -0.137. The number of rotatable bonds is 8. The first kappa shape index (κ1) is 26.4. The van der Waals surface area contributed by atoms with E-state index in [0.29, 0.717) is 13.0 Å². The number of carbonyl (C=O) groups is 1. The number of hydrogen-bond acceptors (Lipinski definition) is 6.